The van der Waals surface area contributed by atoms with Crippen molar-refractivity contribution in [3.63, 3.8) is 0 Å². The summed E-state index contributed by atoms with van der Waals surface area (Å²) in [6.45, 7) is 0. The second kappa shape index (κ2) is 5.78. The number of benzene rings is 1. The van der Waals surface area contributed by atoms with Gasteiger partial charge in [0.05, 0.1) is 6.10 Å². The van der Waals surface area contributed by atoms with Crippen molar-refractivity contribution in [3.8, 4) is 0 Å². The van der Waals surface area contributed by atoms with Crippen molar-refractivity contribution in [1.82, 2.24) is 0 Å². The quantitative estimate of drug-likeness (QED) is 0.867. The number of aliphatic hydroxyl groups is 1. The van der Waals surface area contributed by atoms with Gasteiger partial charge in [0, 0.05) is 12.3 Å². The summed E-state index contributed by atoms with van der Waals surface area (Å²) >= 11 is 0. The van der Waals surface area contributed by atoms with Crippen molar-refractivity contribution in [2.24, 2.45) is 5.92 Å². The summed E-state index contributed by atoms with van der Waals surface area (Å²) in [6, 6.07) is 9.83. The Morgan fingerprint density at radius 3 is 2.71 bits per heavy atom. The van der Waals surface area contributed by atoms with Gasteiger partial charge in [-0.15, -0.1) is 0 Å². The summed E-state index contributed by atoms with van der Waals surface area (Å²) in [4.78, 5) is 11.7. The summed E-state index contributed by atoms with van der Waals surface area (Å²) in [5.41, 5.74) is 1.05. The minimum Gasteiger partial charge on any atom is -0.388 e. The van der Waals surface area contributed by atoms with E-state index >= 15 is 0 Å². The average molecular weight is 230 g/mol. The van der Waals surface area contributed by atoms with Gasteiger partial charge in [-0.25, -0.2) is 0 Å². The molecule has 0 spiro atoms. The van der Waals surface area contributed by atoms with E-state index in [-0.39, 0.29) is 11.7 Å². The average Bonchev–Trinajstić information content (AvgIpc) is 2.38. The molecule has 1 fully saturated rings. The Hall–Kier alpha value is -1.41. The molecule has 1 aromatic carbocycles. The second-order valence-electron chi connectivity index (χ2n) is 4.58. The van der Waals surface area contributed by atoms with Gasteiger partial charge in [-0.1, -0.05) is 48.9 Å². The van der Waals surface area contributed by atoms with E-state index in [1.165, 1.54) is 0 Å². The summed E-state index contributed by atoms with van der Waals surface area (Å²) < 4.78 is 0. The molecule has 2 rings (SSSR count). The highest BCUT2D eigenvalue weighted by Gasteiger charge is 2.27. The molecule has 0 amide bonds. The molecule has 2 atom stereocenters. The Morgan fingerprint density at radius 2 is 2.00 bits per heavy atom. The van der Waals surface area contributed by atoms with Crippen LogP contribution in [0.3, 0.4) is 0 Å². The smallest absolute Gasteiger partial charge is 0.138 e. The van der Waals surface area contributed by atoms with Crippen LogP contribution < -0.4 is 0 Å². The third kappa shape index (κ3) is 3.27. The standard InChI is InChI=1S/C15H18O2/c16-14-9-5-4-8-13(14)15(17)11-10-12-6-2-1-3-7-12/h1-3,6-7,10-11,13,15,17H,4-5,8-9H2/b11-10+/t13-,15+/m0/s1. The van der Waals surface area contributed by atoms with Crippen LogP contribution in [0.1, 0.15) is 31.2 Å². The second-order valence-corrected chi connectivity index (χ2v) is 4.58. The van der Waals surface area contributed by atoms with Gasteiger partial charge in [-0.05, 0) is 18.4 Å². The van der Waals surface area contributed by atoms with E-state index in [2.05, 4.69) is 0 Å². The normalized spacial score (nSPS) is 22.9. The molecule has 0 unspecified atom stereocenters. The van der Waals surface area contributed by atoms with Crippen LogP contribution in [0.4, 0.5) is 0 Å². The number of ketones is 1. The number of carbonyl (C=O) groups excluding carboxylic acids is 1. The molecule has 17 heavy (non-hydrogen) atoms. The predicted molar refractivity (Wildman–Crippen MR) is 68.4 cm³/mol. The maximum Gasteiger partial charge on any atom is 0.138 e. The number of carbonyl (C=O) groups is 1. The Balaban J connectivity index is 1.98. The summed E-state index contributed by atoms with van der Waals surface area (Å²) in [5.74, 6) is 0.0187. The van der Waals surface area contributed by atoms with Gasteiger partial charge >= 0.3 is 0 Å². The molecule has 1 N–H and O–H groups in total. The van der Waals surface area contributed by atoms with Crippen LogP contribution in [0.25, 0.3) is 6.08 Å². The lowest BCUT2D eigenvalue weighted by Gasteiger charge is -2.23. The predicted octanol–water partition coefficient (Wildman–Crippen LogP) is 2.82. The zero-order valence-electron chi connectivity index (χ0n) is 9.88. The first-order chi connectivity index (χ1) is 8.27. The molecule has 1 saturated carbocycles. The van der Waals surface area contributed by atoms with E-state index in [4.69, 9.17) is 0 Å². The number of aliphatic hydroxyl groups excluding tert-OH is 1. The molecule has 0 heterocycles. The molecule has 0 bridgehead atoms. The summed E-state index contributed by atoms with van der Waals surface area (Å²) in [7, 11) is 0. The van der Waals surface area contributed by atoms with Gasteiger partial charge in [0.1, 0.15) is 5.78 Å². The molecule has 0 aliphatic heterocycles. The highest BCUT2D eigenvalue weighted by Crippen LogP contribution is 2.24. The maximum atomic E-state index is 11.7. The maximum absolute atomic E-state index is 11.7. The van der Waals surface area contributed by atoms with Gasteiger partial charge in [0.15, 0.2) is 0 Å². The molecule has 2 heteroatoms. The molecule has 90 valence electrons. The van der Waals surface area contributed by atoms with Gasteiger partial charge < -0.3 is 5.11 Å². The highest BCUT2D eigenvalue weighted by molar-refractivity contribution is 5.82. The van der Waals surface area contributed by atoms with Gasteiger partial charge in [0.25, 0.3) is 0 Å². The van der Waals surface area contributed by atoms with E-state index < -0.39 is 6.10 Å². The van der Waals surface area contributed by atoms with Crippen LogP contribution in [0.2, 0.25) is 0 Å². The zero-order chi connectivity index (χ0) is 12.1. The van der Waals surface area contributed by atoms with E-state index in [1.807, 2.05) is 36.4 Å². The zero-order valence-corrected chi connectivity index (χ0v) is 9.88. The molecular weight excluding hydrogens is 212 g/mol. The van der Waals surface area contributed by atoms with Crippen LogP contribution >= 0.6 is 0 Å². The largest absolute Gasteiger partial charge is 0.388 e. The van der Waals surface area contributed by atoms with Gasteiger partial charge in [-0.2, -0.15) is 0 Å². The van der Waals surface area contributed by atoms with Crippen LogP contribution in [0.5, 0.6) is 0 Å². The molecule has 0 radical (unpaired) electrons. The van der Waals surface area contributed by atoms with E-state index in [0.717, 1.165) is 24.8 Å². The van der Waals surface area contributed by atoms with Crippen molar-refractivity contribution in [2.75, 3.05) is 0 Å². The Kier molecular flexibility index (Phi) is 4.10. The van der Waals surface area contributed by atoms with Crippen LogP contribution in [0.15, 0.2) is 36.4 Å². The first-order valence-corrected chi connectivity index (χ1v) is 6.21. The molecule has 0 aromatic heterocycles. The minimum atomic E-state index is -0.636. The Bertz CT molecular complexity index is 395. The van der Waals surface area contributed by atoms with Crippen molar-refractivity contribution >= 4 is 11.9 Å². The van der Waals surface area contributed by atoms with E-state index in [1.54, 1.807) is 6.08 Å². The fourth-order valence-electron chi connectivity index (χ4n) is 2.28. The third-order valence-corrected chi connectivity index (χ3v) is 3.30. The monoisotopic (exact) mass is 230 g/mol. The number of hydrogen-bond donors (Lipinski definition) is 1. The molecule has 1 aliphatic rings. The number of hydrogen-bond acceptors (Lipinski definition) is 2. The lowest BCUT2D eigenvalue weighted by atomic mass is 9.84. The summed E-state index contributed by atoms with van der Waals surface area (Å²) in [6.07, 6.45) is 6.45. The number of Topliss-reactive ketones (excluding diaryl/α,β-unsaturated/α-hetero) is 1. The first-order valence-electron chi connectivity index (χ1n) is 6.21. The van der Waals surface area contributed by atoms with Crippen molar-refractivity contribution in [1.29, 1.82) is 0 Å². The van der Waals surface area contributed by atoms with Gasteiger partial charge in [0.2, 0.25) is 0 Å². The fraction of sp³-hybridized carbons (Fsp3) is 0.400. The molecule has 0 saturated heterocycles. The van der Waals surface area contributed by atoms with Crippen LogP contribution in [-0.2, 0) is 4.79 Å². The Labute approximate surface area is 102 Å². The topological polar surface area (TPSA) is 37.3 Å². The lowest BCUT2D eigenvalue weighted by Crippen LogP contribution is -2.29. The highest BCUT2D eigenvalue weighted by atomic mass is 16.3. The van der Waals surface area contributed by atoms with Crippen molar-refractivity contribution < 1.29 is 9.90 Å². The fourth-order valence-corrected chi connectivity index (χ4v) is 2.28. The molecule has 1 aliphatic carbocycles. The van der Waals surface area contributed by atoms with E-state index in [9.17, 15) is 9.90 Å². The molecule has 1 aromatic rings. The summed E-state index contributed by atoms with van der Waals surface area (Å²) in [5, 5.41) is 10.00. The van der Waals surface area contributed by atoms with E-state index in [0.29, 0.717) is 6.42 Å². The molecular formula is C15H18O2. The first kappa shape index (κ1) is 12.1. The Morgan fingerprint density at radius 1 is 1.24 bits per heavy atom. The van der Waals surface area contributed by atoms with Crippen LogP contribution in [-0.4, -0.2) is 17.0 Å². The third-order valence-electron chi connectivity index (χ3n) is 3.30. The minimum absolute atomic E-state index is 0.191. The van der Waals surface area contributed by atoms with Crippen LogP contribution in [0, 0.1) is 5.92 Å². The van der Waals surface area contributed by atoms with Crippen molar-refractivity contribution in [3.05, 3.63) is 42.0 Å². The molecule has 2 nitrogen and oxygen atoms in total. The SMILES string of the molecule is O=C1CCCC[C@@H]1[C@H](O)/C=C/c1ccccc1. The lowest BCUT2D eigenvalue weighted by molar-refractivity contribution is -0.127. The number of rotatable bonds is 3. The van der Waals surface area contributed by atoms with Gasteiger partial charge in [-0.3, -0.25) is 4.79 Å². The van der Waals surface area contributed by atoms with Crippen molar-refractivity contribution in [2.45, 2.75) is 31.8 Å².